The Kier molecular flexibility index (Phi) is 3.76. The zero-order valence-electron chi connectivity index (χ0n) is 12.0. The summed E-state index contributed by atoms with van der Waals surface area (Å²) in [6.07, 6.45) is 3.57. The smallest absolute Gasteiger partial charge is 0.337 e. The maximum absolute atomic E-state index is 11.9. The summed E-state index contributed by atoms with van der Waals surface area (Å²) >= 11 is 0. The van der Waals surface area contributed by atoms with Crippen LogP contribution in [0.5, 0.6) is 0 Å². The van der Waals surface area contributed by atoms with Crippen LogP contribution in [0, 0.1) is 0 Å². The molecule has 0 aliphatic heterocycles. The number of ether oxygens (including phenoxy) is 1. The Morgan fingerprint density at radius 1 is 1.55 bits per heavy atom. The van der Waals surface area contributed by atoms with Crippen molar-refractivity contribution in [2.24, 2.45) is 0 Å². The van der Waals surface area contributed by atoms with Crippen LogP contribution in [0.3, 0.4) is 0 Å². The number of aliphatic hydroxyl groups is 1. The van der Waals surface area contributed by atoms with Crippen molar-refractivity contribution in [1.82, 2.24) is 19.5 Å². The van der Waals surface area contributed by atoms with Gasteiger partial charge in [0.05, 0.1) is 12.9 Å². The highest BCUT2D eigenvalue weighted by atomic mass is 16.6. The van der Waals surface area contributed by atoms with E-state index in [1.54, 1.807) is 4.57 Å². The number of aromatic nitrogens is 4. The van der Waals surface area contributed by atoms with E-state index in [4.69, 9.17) is 10.5 Å². The fourth-order valence-corrected chi connectivity index (χ4v) is 2.53. The molecule has 1 fully saturated rings. The highest BCUT2D eigenvalue weighted by Gasteiger charge is 2.26. The van der Waals surface area contributed by atoms with Gasteiger partial charge in [0.1, 0.15) is 17.9 Å². The summed E-state index contributed by atoms with van der Waals surface area (Å²) in [7, 11) is 0. The average molecular weight is 303 g/mol. The van der Waals surface area contributed by atoms with Crippen LogP contribution < -0.4 is 5.73 Å². The van der Waals surface area contributed by atoms with Gasteiger partial charge in [-0.05, 0) is 12.8 Å². The highest BCUT2D eigenvalue weighted by Crippen LogP contribution is 2.25. The van der Waals surface area contributed by atoms with E-state index in [0.717, 1.165) is 18.4 Å². The number of imidazole rings is 1. The highest BCUT2D eigenvalue weighted by molar-refractivity contribution is 5.81. The zero-order chi connectivity index (χ0) is 15.7. The molecule has 3 rings (SSSR count). The van der Waals surface area contributed by atoms with Crippen LogP contribution in [0.15, 0.2) is 24.8 Å². The standard InChI is InChI=1S/C14H17N5O3/c1-8-2-3-9(4-8)22-14(21)10(20)5-19-7-18-11-12(15)16-6-17-13(11)19/h6-7,9-10,20H,1-5H2,(H2,15,16,17)/t9?,10-/m1/s1. The van der Waals surface area contributed by atoms with E-state index in [9.17, 15) is 9.90 Å². The van der Waals surface area contributed by atoms with Crippen LogP contribution in [0.2, 0.25) is 0 Å². The summed E-state index contributed by atoms with van der Waals surface area (Å²) in [4.78, 5) is 23.9. The summed E-state index contributed by atoms with van der Waals surface area (Å²) in [5.74, 6) is -0.395. The number of anilines is 1. The minimum Gasteiger partial charge on any atom is -0.460 e. The number of hydrogen-bond donors (Lipinski definition) is 2. The molecule has 2 aromatic rings. The Labute approximate surface area is 126 Å². The minimum atomic E-state index is -1.29. The number of esters is 1. The van der Waals surface area contributed by atoms with Crippen molar-refractivity contribution < 1.29 is 14.6 Å². The van der Waals surface area contributed by atoms with Gasteiger partial charge in [0.2, 0.25) is 0 Å². The number of carbonyl (C=O) groups excluding carboxylic acids is 1. The number of rotatable bonds is 4. The summed E-state index contributed by atoms with van der Waals surface area (Å²) in [5.41, 5.74) is 7.67. The van der Waals surface area contributed by atoms with Gasteiger partial charge in [0.25, 0.3) is 0 Å². The van der Waals surface area contributed by atoms with Crippen molar-refractivity contribution in [2.45, 2.75) is 38.0 Å². The number of hydrogen-bond acceptors (Lipinski definition) is 7. The van der Waals surface area contributed by atoms with Crippen molar-refractivity contribution in [3.05, 3.63) is 24.8 Å². The van der Waals surface area contributed by atoms with Crippen molar-refractivity contribution in [3.8, 4) is 0 Å². The lowest BCUT2D eigenvalue weighted by Crippen LogP contribution is -2.30. The Morgan fingerprint density at radius 3 is 3.09 bits per heavy atom. The van der Waals surface area contributed by atoms with Crippen LogP contribution in [-0.2, 0) is 16.1 Å². The first kappa shape index (κ1) is 14.5. The molecule has 0 amide bonds. The normalized spacial score (nSPS) is 19.5. The van der Waals surface area contributed by atoms with Gasteiger partial charge >= 0.3 is 5.97 Å². The first-order valence-corrected chi connectivity index (χ1v) is 7.01. The molecule has 1 unspecified atom stereocenters. The van der Waals surface area contributed by atoms with E-state index in [1.807, 2.05) is 0 Å². The lowest BCUT2D eigenvalue weighted by atomic mass is 10.2. The van der Waals surface area contributed by atoms with Gasteiger partial charge in [-0.15, -0.1) is 0 Å². The maximum atomic E-state index is 11.9. The number of fused-ring (bicyclic) bond motifs is 1. The minimum absolute atomic E-state index is 0.000543. The lowest BCUT2D eigenvalue weighted by Gasteiger charge is -2.15. The number of nitrogen functional groups attached to an aromatic ring is 1. The number of nitrogens with two attached hydrogens (primary N) is 1. The molecule has 0 bridgehead atoms. The van der Waals surface area contributed by atoms with Crippen LogP contribution >= 0.6 is 0 Å². The monoisotopic (exact) mass is 303 g/mol. The second-order valence-electron chi connectivity index (χ2n) is 5.40. The van der Waals surface area contributed by atoms with E-state index in [-0.39, 0.29) is 18.5 Å². The molecular formula is C14H17N5O3. The van der Waals surface area contributed by atoms with Gasteiger partial charge in [-0.25, -0.2) is 19.7 Å². The van der Waals surface area contributed by atoms with Gasteiger partial charge in [0.15, 0.2) is 17.6 Å². The zero-order valence-corrected chi connectivity index (χ0v) is 12.0. The van der Waals surface area contributed by atoms with Gasteiger partial charge in [-0.3, -0.25) is 0 Å². The molecule has 1 aliphatic rings. The maximum Gasteiger partial charge on any atom is 0.337 e. The first-order valence-electron chi connectivity index (χ1n) is 7.01. The molecule has 2 heterocycles. The predicted octanol–water partition coefficient (Wildman–Crippen LogP) is 0.421. The Bertz CT molecular complexity index is 726. The molecule has 0 saturated heterocycles. The van der Waals surface area contributed by atoms with Crippen LogP contribution in [0.1, 0.15) is 19.3 Å². The molecule has 2 aromatic heterocycles. The van der Waals surface area contributed by atoms with E-state index < -0.39 is 12.1 Å². The van der Waals surface area contributed by atoms with E-state index in [0.29, 0.717) is 17.6 Å². The van der Waals surface area contributed by atoms with Gasteiger partial charge in [-0.2, -0.15) is 0 Å². The van der Waals surface area contributed by atoms with Crippen molar-refractivity contribution in [1.29, 1.82) is 0 Å². The summed E-state index contributed by atoms with van der Waals surface area (Å²) in [5, 5.41) is 10.0. The number of carbonyl (C=O) groups is 1. The molecule has 8 nitrogen and oxygen atoms in total. The topological polar surface area (TPSA) is 116 Å². The number of aliphatic hydroxyl groups excluding tert-OH is 1. The summed E-state index contributed by atoms with van der Waals surface area (Å²) in [6, 6.07) is 0. The van der Waals surface area contributed by atoms with E-state index in [2.05, 4.69) is 21.5 Å². The largest absolute Gasteiger partial charge is 0.460 e. The van der Waals surface area contributed by atoms with Gasteiger partial charge < -0.3 is 20.1 Å². The summed E-state index contributed by atoms with van der Waals surface area (Å²) in [6.45, 7) is 3.87. The van der Waals surface area contributed by atoms with Gasteiger partial charge in [-0.1, -0.05) is 12.2 Å². The Hall–Kier alpha value is -2.48. The van der Waals surface area contributed by atoms with E-state index >= 15 is 0 Å². The van der Waals surface area contributed by atoms with Gasteiger partial charge in [0, 0.05) is 6.42 Å². The molecule has 116 valence electrons. The second-order valence-corrected chi connectivity index (χ2v) is 5.40. The molecule has 8 heteroatoms. The van der Waals surface area contributed by atoms with Crippen molar-refractivity contribution in [3.63, 3.8) is 0 Å². The third kappa shape index (κ3) is 2.77. The fourth-order valence-electron chi connectivity index (χ4n) is 2.53. The SMILES string of the molecule is C=C1CCC(OC(=O)[C@H](O)Cn2cnc3c(N)ncnc32)C1. The second kappa shape index (κ2) is 5.72. The Morgan fingerprint density at radius 2 is 2.36 bits per heavy atom. The third-order valence-corrected chi connectivity index (χ3v) is 3.69. The molecule has 22 heavy (non-hydrogen) atoms. The molecule has 0 spiro atoms. The van der Waals surface area contributed by atoms with Crippen LogP contribution in [-0.4, -0.2) is 42.8 Å². The van der Waals surface area contributed by atoms with Crippen LogP contribution in [0.4, 0.5) is 5.82 Å². The average Bonchev–Trinajstić information content (AvgIpc) is 3.07. The summed E-state index contributed by atoms with van der Waals surface area (Å²) < 4.78 is 6.84. The molecule has 1 aliphatic carbocycles. The fraction of sp³-hybridized carbons (Fsp3) is 0.429. The molecule has 0 radical (unpaired) electrons. The molecular weight excluding hydrogens is 286 g/mol. The Balaban J connectivity index is 1.67. The third-order valence-electron chi connectivity index (χ3n) is 3.69. The quantitative estimate of drug-likeness (QED) is 0.621. The molecule has 3 N–H and O–H groups in total. The predicted molar refractivity (Wildman–Crippen MR) is 78.6 cm³/mol. The number of nitrogens with zero attached hydrogens (tertiary/aromatic N) is 4. The van der Waals surface area contributed by atoms with Crippen molar-refractivity contribution >= 4 is 23.0 Å². The molecule has 0 aromatic carbocycles. The van der Waals surface area contributed by atoms with Crippen molar-refractivity contribution in [2.75, 3.05) is 5.73 Å². The van der Waals surface area contributed by atoms with E-state index in [1.165, 1.54) is 12.7 Å². The first-order chi connectivity index (χ1) is 10.5. The lowest BCUT2D eigenvalue weighted by molar-refractivity contribution is -0.159. The van der Waals surface area contributed by atoms with Crippen LogP contribution in [0.25, 0.3) is 11.2 Å². The molecule has 2 atom stereocenters. The molecule has 1 saturated carbocycles.